The highest BCUT2D eigenvalue weighted by Crippen LogP contribution is 2.62. The van der Waals surface area contributed by atoms with Crippen LogP contribution in [-0.2, 0) is 0 Å². The van der Waals surface area contributed by atoms with E-state index in [1.807, 2.05) is 0 Å². The Kier molecular flexibility index (Phi) is 1.84. The number of likely N-dealkylation sites (tertiary alicyclic amines) is 1. The summed E-state index contributed by atoms with van der Waals surface area (Å²) in [6.45, 7) is 1.03. The first-order valence-corrected chi connectivity index (χ1v) is 7.03. The first-order chi connectivity index (χ1) is 7.86. The van der Waals surface area contributed by atoms with Gasteiger partial charge in [-0.2, -0.15) is 5.26 Å². The molecule has 0 aromatic heterocycles. The van der Waals surface area contributed by atoms with E-state index in [4.69, 9.17) is 0 Å². The van der Waals surface area contributed by atoms with Crippen LogP contribution < -0.4 is 0 Å². The summed E-state index contributed by atoms with van der Waals surface area (Å²) in [5.74, 6) is 5.01. The largest absolute Gasteiger partial charge is 0.307 e. The van der Waals surface area contributed by atoms with Crippen molar-refractivity contribution in [3.63, 3.8) is 0 Å². The van der Waals surface area contributed by atoms with Gasteiger partial charge in [0.25, 0.3) is 0 Å². The number of hydrogen-bond donors (Lipinski definition) is 0. The lowest BCUT2D eigenvalue weighted by Gasteiger charge is -2.38. The summed E-state index contributed by atoms with van der Waals surface area (Å²) in [6, 6.07) is 0.629. The van der Waals surface area contributed by atoms with Gasteiger partial charge in [0.15, 0.2) is 6.19 Å². The lowest BCUT2D eigenvalue weighted by atomic mass is 9.72. The fraction of sp³-hybridized carbons (Fsp3) is 0.929. The van der Waals surface area contributed by atoms with Gasteiger partial charge in [-0.15, -0.1) is 0 Å². The van der Waals surface area contributed by atoms with Crippen molar-refractivity contribution in [2.24, 2.45) is 29.6 Å². The first kappa shape index (κ1) is 9.33. The van der Waals surface area contributed by atoms with Crippen LogP contribution in [0, 0.1) is 41.0 Å². The quantitative estimate of drug-likeness (QED) is 0.630. The predicted molar refractivity (Wildman–Crippen MR) is 61.3 cm³/mol. The summed E-state index contributed by atoms with van der Waals surface area (Å²) in [6.07, 6.45) is 11.0. The van der Waals surface area contributed by atoms with Crippen molar-refractivity contribution in [1.29, 1.82) is 5.26 Å². The molecule has 0 radical (unpaired) electrons. The fourth-order valence-electron chi connectivity index (χ4n) is 5.70. The molecule has 5 rings (SSSR count). The number of nitrogens with zero attached hydrogens (tertiary/aromatic N) is 2. The molecule has 6 unspecified atom stereocenters. The van der Waals surface area contributed by atoms with Crippen LogP contribution in [0.5, 0.6) is 0 Å². The SMILES string of the molecule is N#CN1CCCC1C1C2CC3CC(C2)C1C3. The van der Waals surface area contributed by atoms with Crippen LogP contribution >= 0.6 is 0 Å². The number of nitriles is 1. The van der Waals surface area contributed by atoms with Gasteiger partial charge < -0.3 is 4.90 Å². The molecule has 4 bridgehead atoms. The van der Waals surface area contributed by atoms with E-state index in [1.165, 1.54) is 38.5 Å². The Labute approximate surface area is 97.6 Å². The van der Waals surface area contributed by atoms with E-state index in [1.54, 1.807) is 0 Å². The Morgan fingerprint density at radius 2 is 1.94 bits per heavy atom. The molecule has 2 nitrogen and oxygen atoms in total. The Morgan fingerprint density at radius 3 is 2.75 bits per heavy atom. The second kappa shape index (κ2) is 3.15. The summed E-state index contributed by atoms with van der Waals surface area (Å²) in [7, 11) is 0. The highest BCUT2D eigenvalue weighted by Gasteiger charge is 2.56. The Balaban J connectivity index is 1.62. The number of rotatable bonds is 1. The maximum Gasteiger partial charge on any atom is 0.179 e. The maximum absolute atomic E-state index is 9.21. The molecule has 0 aromatic rings. The van der Waals surface area contributed by atoms with Crippen molar-refractivity contribution in [2.75, 3.05) is 6.54 Å². The Bertz CT molecular complexity index is 341. The third-order valence-corrected chi connectivity index (χ3v) is 6.00. The molecule has 5 aliphatic rings. The van der Waals surface area contributed by atoms with Crippen LogP contribution in [0.4, 0.5) is 0 Å². The monoisotopic (exact) mass is 216 g/mol. The molecule has 1 heterocycles. The van der Waals surface area contributed by atoms with Crippen LogP contribution in [0.25, 0.3) is 0 Å². The van der Waals surface area contributed by atoms with E-state index >= 15 is 0 Å². The van der Waals surface area contributed by atoms with E-state index in [2.05, 4.69) is 11.1 Å². The summed E-state index contributed by atoms with van der Waals surface area (Å²) in [5, 5.41) is 9.21. The normalized spacial score (nSPS) is 53.6. The number of hydrogen-bond acceptors (Lipinski definition) is 2. The standard InChI is InChI=1S/C14H20N2/c15-8-16-3-1-2-13(16)14-11-5-9-4-10(7-11)12(14)6-9/h9-14H,1-7H2. The molecule has 86 valence electrons. The van der Waals surface area contributed by atoms with Gasteiger partial charge in [-0.1, -0.05) is 0 Å². The van der Waals surface area contributed by atoms with Gasteiger partial charge in [0.2, 0.25) is 0 Å². The molecule has 5 fully saturated rings. The van der Waals surface area contributed by atoms with E-state index in [0.29, 0.717) is 6.04 Å². The molecule has 0 amide bonds. The van der Waals surface area contributed by atoms with Gasteiger partial charge in [-0.3, -0.25) is 0 Å². The third kappa shape index (κ3) is 1.07. The summed E-state index contributed by atoms with van der Waals surface area (Å²) in [5.41, 5.74) is 0. The minimum atomic E-state index is 0.629. The molecule has 0 aromatic carbocycles. The van der Waals surface area contributed by atoms with Gasteiger partial charge in [-0.05, 0) is 68.1 Å². The van der Waals surface area contributed by atoms with Crippen molar-refractivity contribution in [2.45, 2.75) is 44.6 Å². The first-order valence-electron chi connectivity index (χ1n) is 7.03. The lowest BCUT2D eigenvalue weighted by Crippen LogP contribution is -2.39. The summed E-state index contributed by atoms with van der Waals surface area (Å²) < 4.78 is 0. The van der Waals surface area contributed by atoms with Crippen molar-refractivity contribution in [3.05, 3.63) is 0 Å². The van der Waals surface area contributed by atoms with Crippen molar-refractivity contribution in [1.82, 2.24) is 4.90 Å². The second-order valence-corrected chi connectivity index (χ2v) is 6.57. The van der Waals surface area contributed by atoms with E-state index in [-0.39, 0.29) is 0 Å². The van der Waals surface area contributed by atoms with Gasteiger partial charge in [-0.25, -0.2) is 0 Å². The molecule has 4 aliphatic carbocycles. The van der Waals surface area contributed by atoms with Crippen molar-refractivity contribution < 1.29 is 0 Å². The van der Waals surface area contributed by atoms with Gasteiger partial charge in [0, 0.05) is 12.6 Å². The topological polar surface area (TPSA) is 27.0 Å². The third-order valence-electron chi connectivity index (χ3n) is 6.00. The minimum absolute atomic E-state index is 0.629. The van der Waals surface area contributed by atoms with Crippen LogP contribution in [0.15, 0.2) is 0 Å². The Morgan fingerprint density at radius 1 is 1.06 bits per heavy atom. The zero-order chi connectivity index (χ0) is 10.7. The highest BCUT2D eigenvalue weighted by molar-refractivity contribution is 5.08. The molecule has 16 heavy (non-hydrogen) atoms. The van der Waals surface area contributed by atoms with Gasteiger partial charge >= 0.3 is 0 Å². The molecule has 0 N–H and O–H groups in total. The zero-order valence-corrected chi connectivity index (χ0v) is 9.81. The fourth-order valence-corrected chi connectivity index (χ4v) is 5.70. The maximum atomic E-state index is 9.21. The van der Waals surface area contributed by atoms with Gasteiger partial charge in [0.1, 0.15) is 0 Å². The van der Waals surface area contributed by atoms with E-state index in [9.17, 15) is 5.26 Å². The molecule has 1 saturated heterocycles. The van der Waals surface area contributed by atoms with Crippen molar-refractivity contribution >= 4 is 0 Å². The van der Waals surface area contributed by atoms with Crippen LogP contribution in [-0.4, -0.2) is 17.5 Å². The zero-order valence-electron chi connectivity index (χ0n) is 9.81. The van der Waals surface area contributed by atoms with Crippen molar-refractivity contribution in [3.8, 4) is 6.19 Å². The predicted octanol–water partition coefficient (Wildman–Crippen LogP) is 2.61. The second-order valence-electron chi connectivity index (χ2n) is 6.57. The van der Waals surface area contributed by atoms with E-state index in [0.717, 1.165) is 36.1 Å². The molecule has 1 aliphatic heterocycles. The summed E-state index contributed by atoms with van der Waals surface area (Å²) >= 11 is 0. The molecule has 4 saturated carbocycles. The van der Waals surface area contributed by atoms with Crippen LogP contribution in [0.2, 0.25) is 0 Å². The van der Waals surface area contributed by atoms with Crippen LogP contribution in [0.1, 0.15) is 38.5 Å². The average Bonchev–Trinajstić information content (AvgIpc) is 2.91. The molecule has 6 atom stereocenters. The van der Waals surface area contributed by atoms with E-state index < -0.39 is 0 Å². The molecular formula is C14H20N2. The minimum Gasteiger partial charge on any atom is -0.307 e. The lowest BCUT2D eigenvalue weighted by molar-refractivity contribution is 0.120. The van der Waals surface area contributed by atoms with Crippen LogP contribution in [0.3, 0.4) is 0 Å². The smallest absolute Gasteiger partial charge is 0.179 e. The molecule has 0 spiro atoms. The summed E-state index contributed by atoms with van der Waals surface area (Å²) in [4.78, 5) is 2.11. The van der Waals surface area contributed by atoms with Gasteiger partial charge in [0.05, 0.1) is 0 Å². The molecule has 2 heteroatoms. The molecular weight excluding hydrogens is 196 g/mol. The Hall–Kier alpha value is -0.710. The highest BCUT2D eigenvalue weighted by atomic mass is 15.2. The average molecular weight is 216 g/mol.